The van der Waals surface area contributed by atoms with Crippen LogP contribution in [0.4, 0.5) is 4.79 Å². The van der Waals surface area contributed by atoms with E-state index in [2.05, 4.69) is 75.4 Å². The van der Waals surface area contributed by atoms with Gasteiger partial charge in [0.25, 0.3) is 8.32 Å². The third-order valence-corrected chi connectivity index (χ3v) is 12.9. The monoisotopic (exact) mass is 506 g/mol. The van der Waals surface area contributed by atoms with Gasteiger partial charge in [0.2, 0.25) is 0 Å². The number of ether oxygens (including phenoxy) is 2. The minimum atomic E-state index is -2.61. The second-order valence-electron chi connectivity index (χ2n) is 11.3. The van der Waals surface area contributed by atoms with Crippen molar-refractivity contribution in [1.82, 2.24) is 0 Å². The quantitative estimate of drug-likeness (QED) is 0.139. The predicted molar refractivity (Wildman–Crippen MR) is 144 cm³/mol. The Labute approximate surface area is 216 Å². The van der Waals surface area contributed by atoms with Crippen molar-refractivity contribution in [2.45, 2.75) is 70.4 Å². The van der Waals surface area contributed by atoms with Crippen molar-refractivity contribution in [2.75, 3.05) is 13.2 Å². The molecule has 1 saturated heterocycles. The van der Waals surface area contributed by atoms with Gasteiger partial charge in [0.05, 0.1) is 0 Å². The van der Waals surface area contributed by atoms with Gasteiger partial charge < -0.3 is 18.7 Å². The summed E-state index contributed by atoms with van der Waals surface area (Å²) in [6.45, 7) is 9.51. The Morgan fingerprint density at radius 1 is 1.03 bits per heavy atom. The third-order valence-electron chi connectivity index (χ3n) is 7.90. The van der Waals surface area contributed by atoms with E-state index >= 15 is 0 Å². The first-order valence-corrected chi connectivity index (χ1v) is 14.8. The molecule has 0 N–H and O–H groups in total. The van der Waals surface area contributed by atoms with Crippen LogP contribution in [0.15, 0.2) is 72.3 Å². The van der Waals surface area contributed by atoms with Crippen LogP contribution < -0.4 is 10.4 Å². The fourth-order valence-corrected chi connectivity index (χ4v) is 10.9. The number of carbonyl (C=O) groups excluding carboxylic acids is 2. The van der Waals surface area contributed by atoms with Crippen LogP contribution in [0.3, 0.4) is 0 Å². The molecule has 36 heavy (non-hydrogen) atoms. The Balaban J connectivity index is 1.58. The van der Waals surface area contributed by atoms with Gasteiger partial charge in [0, 0.05) is 18.4 Å². The van der Waals surface area contributed by atoms with Crippen molar-refractivity contribution in [3.8, 4) is 0 Å². The van der Waals surface area contributed by atoms with Gasteiger partial charge in [-0.15, -0.1) is 0 Å². The number of allylic oxidation sites excluding steroid dienone is 1. The first-order chi connectivity index (χ1) is 17.2. The highest BCUT2D eigenvalue weighted by atomic mass is 28.4. The van der Waals surface area contributed by atoms with Gasteiger partial charge in [-0.3, -0.25) is 0 Å². The zero-order chi connectivity index (χ0) is 25.9. The first kappa shape index (κ1) is 26.4. The third kappa shape index (κ3) is 4.81. The average molecular weight is 507 g/mol. The number of aldehydes is 1. The maximum absolute atomic E-state index is 11.8. The van der Waals surface area contributed by atoms with E-state index in [1.165, 1.54) is 10.4 Å². The standard InChI is InChI=1S/C30H38O5Si/c1-28(2,3)36(24-13-7-5-8-14-24,25-15-9-6-10-16-25)34-22-12-19-30(20-21-31)18-11-17-26(30)29(4)23-33-27(32)35-29/h5-10,13-17,21H,11-12,18-20,22-23H2,1-4H3/t29?,30-/m0/s1. The van der Waals surface area contributed by atoms with Gasteiger partial charge >= 0.3 is 6.16 Å². The van der Waals surface area contributed by atoms with Gasteiger partial charge in [-0.1, -0.05) is 87.5 Å². The van der Waals surface area contributed by atoms with Crippen LogP contribution >= 0.6 is 0 Å². The van der Waals surface area contributed by atoms with Crippen molar-refractivity contribution >= 4 is 31.1 Å². The minimum Gasteiger partial charge on any atom is -0.430 e. The average Bonchev–Trinajstić information content (AvgIpc) is 3.43. The molecule has 1 aliphatic heterocycles. The van der Waals surface area contributed by atoms with Gasteiger partial charge in [0.1, 0.15) is 12.9 Å². The van der Waals surface area contributed by atoms with Crippen LogP contribution in [0.1, 0.15) is 59.8 Å². The first-order valence-electron chi connectivity index (χ1n) is 12.9. The molecule has 1 heterocycles. The van der Waals surface area contributed by atoms with E-state index in [0.29, 0.717) is 13.0 Å². The number of cyclic esters (lactones) is 2. The van der Waals surface area contributed by atoms with Crippen LogP contribution in [-0.4, -0.2) is 39.6 Å². The molecule has 0 spiro atoms. The summed E-state index contributed by atoms with van der Waals surface area (Å²) in [4.78, 5) is 23.6. The smallest absolute Gasteiger partial charge is 0.430 e. The van der Waals surface area contributed by atoms with Gasteiger partial charge in [-0.25, -0.2) is 4.79 Å². The van der Waals surface area contributed by atoms with Gasteiger partial charge in [0.15, 0.2) is 5.60 Å². The lowest BCUT2D eigenvalue weighted by atomic mass is 9.69. The summed E-state index contributed by atoms with van der Waals surface area (Å²) in [5, 5.41) is 2.43. The number of hydrogen-bond acceptors (Lipinski definition) is 5. The Hall–Kier alpha value is -2.70. The summed E-state index contributed by atoms with van der Waals surface area (Å²) in [7, 11) is -2.61. The molecule has 1 fully saturated rings. The number of benzene rings is 2. The molecule has 2 aliphatic rings. The summed E-state index contributed by atoms with van der Waals surface area (Å²) in [6.07, 6.45) is 6.26. The topological polar surface area (TPSA) is 61.8 Å². The lowest BCUT2D eigenvalue weighted by Crippen LogP contribution is -2.66. The molecule has 0 bridgehead atoms. The molecule has 1 aliphatic carbocycles. The lowest BCUT2D eigenvalue weighted by Gasteiger charge is -2.43. The number of carbonyl (C=O) groups is 2. The molecule has 6 heteroatoms. The van der Waals surface area contributed by atoms with Crippen molar-refractivity contribution in [1.29, 1.82) is 0 Å². The fourth-order valence-electron chi connectivity index (χ4n) is 6.32. The van der Waals surface area contributed by atoms with E-state index in [4.69, 9.17) is 13.9 Å². The SMILES string of the molecule is CC1(C2=CCC[C@@]2(CC=O)CCCO[Si](c2ccccc2)(c2ccccc2)C(C)(C)C)COC(=O)O1. The van der Waals surface area contributed by atoms with Crippen molar-refractivity contribution in [2.24, 2.45) is 5.41 Å². The molecule has 0 aromatic heterocycles. The Morgan fingerprint density at radius 3 is 2.14 bits per heavy atom. The Kier molecular flexibility index (Phi) is 7.58. The van der Waals surface area contributed by atoms with Crippen molar-refractivity contribution in [3.63, 3.8) is 0 Å². The molecule has 2 atom stereocenters. The van der Waals surface area contributed by atoms with Gasteiger partial charge in [-0.2, -0.15) is 0 Å². The van der Waals surface area contributed by atoms with Crippen LogP contribution in [0.25, 0.3) is 0 Å². The van der Waals surface area contributed by atoms with E-state index in [1.807, 2.05) is 19.1 Å². The Bertz CT molecular complexity index is 1050. The molecule has 192 valence electrons. The van der Waals surface area contributed by atoms with E-state index in [1.54, 1.807) is 0 Å². The second-order valence-corrected chi connectivity index (χ2v) is 15.6. The van der Waals surface area contributed by atoms with Crippen LogP contribution in [0, 0.1) is 5.41 Å². The highest BCUT2D eigenvalue weighted by molar-refractivity contribution is 6.99. The van der Waals surface area contributed by atoms with E-state index in [0.717, 1.165) is 37.5 Å². The molecule has 4 rings (SSSR count). The van der Waals surface area contributed by atoms with E-state index in [-0.39, 0.29) is 17.1 Å². The van der Waals surface area contributed by atoms with Crippen LogP contribution in [0.2, 0.25) is 5.04 Å². The van der Waals surface area contributed by atoms with E-state index in [9.17, 15) is 9.59 Å². The van der Waals surface area contributed by atoms with Gasteiger partial charge in [-0.05, 0) is 53.6 Å². The second kappa shape index (κ2) is 10.3. The molecular formula is C30H38O5Si. The van der Waals surface area contributed by atoms with Crippen molar-refractivity contribution in [3.05, 3.63) is 72.3 Å². The number of hydrogen-bond donors (Lipinski definition) is 0. The molecule has 1 unspecified atom stereocenters. The molecule has 0 saturated carbocycles. The summed E-state index contributed by atoms with van der Waals surface area (Å²) >= 11 is 0. The summed E-state index contributed by atoms with van der Waals surface area (Å²) < 4.78 is 17.8. The molecule has 2 aromatic rings. The molecule has 2 aromatic carbocycles. The minimum absolute atomic E-state index is 0.0858. The summed E-state index contributed by atoms with van der Waals surface area (Å²) in [6, 6.07) is 21.3. The molecule has 5 nitrogen and oxygen atoms in total. The summed E-state index contributed by atoms with van der Waals surface area (Å²) in [5.74, 6) is 0. The zero-order valence-corrected chi connectivity index (χ0v) is 22.9. The zero-order valence-electron chi connectivity index (χ0n) is 21.9. The number of rotatable bonds is 10. The van der Waals surface area contributed by atoms with Crippen LogP contribution in [-0.2, 0) is 18.7 Å². The normalized spacial score (nSPS) is 24.2. The molecule has 0 amide bonds. The predicted octanol–water partition coefficient (Wildman–Crippen LogP) is 5.56. The largest absolute Gasteiger partial charge is 0.509 e. The maximum atomic E-state index is 11.8. The lowest BCUT2D eigenvalue weighted by molar-refractivity contribution is -0.109. The molecular weight excluding hydrogens is 468 g/mol. The maximum Gasteiger partial charge on any atom is 0.509 e. The Morgan fingerprint density at radius 2 is 1.64 bits per heavy atom. The summed E-state index contributed by atoms with van der Waals surface area (Å²) in [5.41, 5.74) is -0.118. The fraction of sp³-hybridized carbons (Fsp3) is 0.467. The highest BCUT2D eigenvalue weighted by Crippen LogP contribution is 2.52. The van der Waals surface area contributed by atoms with E-state index < -0.39 is 20.1 Å². The highest BCUT2D eigenvalue weighted by Gasteiger charge is 2.52. The molecule has 0 radical (unpaired) electrons. The van der Waals surface area contributed by atoms with Crippen LogP contribution in [0.5, 0.6) is 0 Å². The van der Waals surface area contributed by atoms with Crippen molar-refractivity contribution < 1.29 is 23.5 Å².